The molecule has 2 amide bonds. The van der Waals surface area contributed by atoms with Crippen molar-refractivity contribution in [2.45, 2.75) is 6.54 Å². The Morgan fingerprint density at radius 3 is 2.73 bits per heavy atom. The minimum absolute atomic E-state index is 0.120. The summed E-state index contributed by atoms with van der Waals surface area (Å²) in [6.45, 7) is 0.466. The average molecular weight is 209 g/mol. The molecule has 1 aromatic heterocycles. The highest BCUT2D eigenvalue weighted by atomic mass is 16.5. The number of nitrogens with one attached hydrogen (secondary N) is 1. The van der Waals surface area contributed by atoms with Crippen molar-refractivity contribution < 1.29 is 9.53 Å². The van der Waals surface area contributed by atoms with Gasteiger partial charge in [0.1, 0.15) is 0 Å². The van der Waals surface area contributed by atoms with Gasteiger partial charge in [0, 0.05) is 32.9 Å². The quantitative estimate of drug-likeness (QED) is 0.803. The van der Waals surface area contributed by atoms with Crippen LogP contribution in [0.3, 0.4) is 0 Å². The molecule has 0 aliphatic rings. The van der Waals surface area contributed by atoms with Gasteiger partial charge in [-0.05, 0) is 5.56 Å². The highest BCUT2D eigenvalue weighted by Gasteiger charge is 2.02. The highest BCUT2D eigenvalue weighted by molar-refractivity contribution is 5.73. The first-order valence-electron chi connectivity index (χ1n) is 4.57. The van der Waals surface area contributed by atoms with Crippen molar-refractivity contribution in [1.29, 1.82) is 0 Å². The lowest BCUT2D eigenvalue weighted by molar-refractivity contribution is 0.217. The van der Waals surface area contributed by atoms with Gasteiger partial charge in [-0.1, -0.05) is 6.07 Å². The summed E-state index contributed by atoms with van der Waals surface area (Å²) in [7, 11) is 4.96. The van der Waals surface area contributed by atoms with Gasteiger partial charge in [-0.2, -0.15) is 0 Å². The molecule has 0 unspecified atom stereocenters. The van der Waals surface area contributed by atoms with Crippen LogP contribution in [0.4, 0.5) is 4.79 Å². The Morgan fingerprint density at radius 2 is 2.27 bits per heavy atom. The minimum atomic E-state index is -0.120. The number of carbonyl (C=O) groups excluding carboxylic acids is 1. The SMILES string of the molecule is COc1ccc(CNC(=O)N(C)C)cn1. The van der Waals surface area contributed by atoms with Crippen molar-refractivity contribution in [1.82, 2.24) is 15.2 Å². The van der Waals surface area contributed by atoms with Crippen molar-refractivity contribution in [3.63, 3.8) is 0 Å². The van der Waals surface area contributed by atoms with Gasteiger partial charge in [-0.15, -0.1) is 0 Å². The van der Waals surface area contributed by atoms with E-state index in [0.717, 1.165) is 5.56 Å². The Morgan fingerprint density at radius 1 is 1.53 bits per heavy atom. The second-order valence-corrected chi connectivity index (χ2v) is 3.26. The molecule has 5 nitrogen and oxygen atoms in total. The monoisotopic (exact) mass is 209 g/mol. The van der Waals surface area contributed by atoms with Gasteiger partial charge in [0.05, 0.1) is 7.11 Å². The van der Waals surface area contributed by atoms with Crippen LogP contribution in [0.2, 0.25) is 0 Å². The van der Waals surface area contributed by atoms with E-state index < -0.39 is 0 Å². The Bertz CT molecular complexity index is 322. The first-order chi connectivity index (χ1) is 7.13. The Labute approximate surface area is 89.1 Å². The number of hydrogen-bond donors (Lipinski definition) is 1. The second-order valence-electron chi connectivity index (χ2n) is 3.26. The first kappa shape index (κ1) is 11.3. The summed E-state index contributed by atoms with van der Waals surface area (Å²) in [5.41, 5.74) is 0.936. The molecule has 82 valence electrons. The predicted octanol–water partition coefficient (Wildman–Crippen LogP) is 0.861. The number of ether oxygens (including phenoxy) is 1. The summed E-state index contributed by atoms with van der Waals surface area (Å²) in [6, 6.07) is 3.50. The lowest BCUT2D eigenvalue weighted by atomic mass is 10.3. The highest BCUT2D eigenvalue weighted by Crippen LogP contribution is 2.06. The third-order valence-electron chi connectivity index (χ3n) is 1.86. The van der Waals surface area contributed by atoms with Crippen molar-refractivity contribution in [2.75, 3.05) is 21.2 Å². The van der Waals surface area contributed by atoms with E-state index in [9.17, 15) is 4.79 Å². The topological polar surface area (TPSA) is 54.5 Å². The summed E-state index contributed by atoms with van der Waals surface area (Å²) < 4.78 is 4.93. The van der Waals surface area contributed by atoms with Crippen LogP contribution in [-0.2, 0) is 6.54 Å². The zero-order chi connectivity index (χ0) is 11.3. The molecule has 0 radical (unpaired) electrons. The molecular formula is C10H15N3O2. The van der Waals surface area contributed by atoms with Gasteiger partial charge in [0.15, 0.2) is 0 Å². The number of urea groups is 1. The van der Waals surface area contributed by atoms with Crippen molar-refractivity contribution in [3.8, 4) is 5.88 Å². The largest absolute Gasteiger partial charge is 0.481 e. The molecule has 0 saturated carbocycles. The van der Waals surface area contributed by atoms with E-state index in [1.165, 1.54) is 4.90 Å². The maximum absolute atomic E-state index is 11.2. The average Bonchev–Trinajstić information content (AvgIpc) is 2.26. The molecular weight excluding hydrogens is 194 g/mol. The number of aromatic nitrogens is 1. The van der Waals surface area contributed by atoms with E-state index in [2.05, 4.69) is 10.3 Å². The van der Waals surface area contributed by atoms with Crippen LogP contribution >= 0.6 is 0 Å². The van der Waals surface area contributed by atoms with Crippen LogP contribution in [0, 0.1) is 0 Å². The molecule has 0 spiro atoms. The van der Waals surface area contributed by atoms with E-state index in [1.807, 2.05) is 6.07 Å². The Balaban J connectivity index is 2.47. The molecule has 0 bridgehead atoms. The van der Waals surface area contributed by atoms with Gasteiger partial charge in [-0.3, -0.25) is 0 Å². The number of methoxy groups -OCH3 is 1. The smallest absolute Gasteiger partial charge is 0.317 e. The molecule has 0 aliphatic heterocycles. The summed E-state index contributed by atoms with van der Waals surface area (Å²) in [5.74, 6) is 0.567. The van der Waals surface area contributed by atoms with Gasteiger partial charge < -0.3 is 15.0 Å². The fraction of sp³-hybridized carbons (Fsp3) is 0.400. The number of rotatable bonds is 3. The molecule has 5 heteroatoms. The molecule has 1 heterocycles. The molecule has 1 N–H and O–H groups in total. The fourth-order valence-electron chi connectivity index (χ4n) is 0.972. The van der Waals surface area contributed by atoms with Crippen LogP contribution in [0.5, 0.6) is 5.88 Å². The molecule has 0 aromatic carbocycles. The maximum Gasteiger partial charge on any atom is 0.317 e. The van der Waals surface area contributed by atoms with E-state index in [0.29, 0.717) is 12.4 Å². The molecule has 15 heavy (non-hydrogen) atoms. The molecule has 1 aromatic rings. The summed E-state index contributed by atoms with van der Waals surface area (Å²) in [5, 5.41) is 2.74. The maximum atomic E-state index is 11.2. The van der Waals surface area contributed by atoms with Crippen LogP contribution in [0.25, 0.3) is 0 Å². The predicted molar refractivity (Wildman–Crippen MR) is 56.7 cm³/mol. The number of nitrogens with zero attached hydrogens (tertiary/aromatic N) is 2. The number of hydrogen-bond acceptors (Lipinski definition) is 3. The Hall–Kier alpha value is -1.78. The zero-order valence-electron chi connectivity index (χ0n) is 9.15. The summed E-state index contributed by atoms with van der Waals surface area (Å²) in [4.78, 5) is 16.7. The lowest BCUT2D eigenvalue weighted by Crippen LogP contribution is -2.33. The number of pyridine rings is 1. The number of carbonyl (C=O) groups is 1. The molecule has 0 atom stereocenters. The molecule has 0 fully saturated rings. The third-order valence-corrected chi connectivity index (χ3v) is 1.86. The summed E-state index contributed by atoms with van der Waals surface area (Å²) >= 11 is 0. The van der Waals surface area contributed by atoms with E-state index in [4.69, 9.17) is 4.74 Å². The van der Waals surface area contributed by atoms with Crippen LogP contribution in [-0.4, -0.2) is 37.1 Å². The minimum Gasteiger partial charge on any atom is -0.481 e. The second kappa shape index (κ2) is 5.19. The molecule has 0 saturated heterocycles. The van der Waals surface area contributed by atoms with Crippen molar-refractivity contribution in [3.05, 3.63) is 23.9 Å². The lowest BCUT2D eigenvalue weighted by Gasteiger charge is -2.11. The van der Waals surface area contributed by atoms with E-state index in [1.54, 1.807) is 33.5 Å². The first-order valence-corrected chi connectivity index (χ1v) is 4.57. The van der Waals surface area contributed by atoms with Gasteiger partial charge in [-0.25, -0.2) is 9.78 Å². The third kappa shape index (κ3) is 3.46. The number of amides is 2. The normalized spacial score (nSPS) is 9.53. The fourth-order valence-corrected chi connectivity index (χ4v) is 0.972. The van der Waals surface area contributed by atoms with Crippen molar-refractivity contribution >= 4 is 6.03 Å². The molecule has 0 aliphatic carbocycles. The zero-order valence-corrected chi connectivity index (χ0v) is 9.15. The standard InChI is InChI=1S/C10H15N3O2/c1-13(2)10(14)12-7-8-4-5-9(15-3)11-6-8/h4-6H,7H2,1-3H3,(H,12,14). The Kier molecular flexibility index (Phi) is 3.91. The van der Waals surface area contributed by atoms with Crippen LogP contribution in [0.1, 0.15) is 5.56 Å². The van der Waals surface area contributed by atoms with Gasteiger partial charge >= 0.3 is 6.03 Å². The van der Waals surface area contributed by atoms with Crippen LogP contribution in [0.15, 0.2) is 18.3 Å². The van der Waals surface area contributed by atoms with Crippen LogP contribution < -0.4 is 10.1 Å². The van der Waals surface area contributed by atoms with Gasteiger partial charge in [0.25, 0.3) is 0 Å². The van der Waals surface area contributed by atoms with Crippen molar-refractivity contribution in [2.24, 2.45) is 0 Å². The summed E-state index contributed by atoms with van der Waals surface area (Å²) in [6.07, 6.45) is 1.68. The van der Waals surface area contributed by atoms with E-state index in [-0.39, 0.29) is 6.03 Å². The van der Waals surface area contributed by atoms with Gasteiger partial charge in [0.2, 0.25) is 5.88 Å². The molecule has 1 rings (SSSR count). The van der Waals surface area contributed by atoms with E-state index >= 15 is 0 Å².